The Balaban J connectivity index is 2.02. The van der Waals surface area contributed by atoms with Crippen molar-refractivity contribution in [3.8, 4) is 6.07 Å². The lowest BCUT2D eigenvalue weighted by Crippen LogP contribution is -2.28. The van der Waals surface area contributed by atoms with Crippen LogP contribution in [0, 0.1) is 11.3 Å². The van der Waals surface area contributed by atoms with E-state index in [1.165, 1.54) is 25.7 Å². The molecule has 2 aromatic heterocycles. The monoisotopic (exact) mass is 362 g/mol. The molecule has 2 rings (SSSR count). The van der Waals surface area contributed by atoms with Crippen molar-refractivity contribution < 1.29 is 0 Å². The molecule has 0 atom stereocenters. The van der Waals surface area contributed by atoms with Gasteiger partial charge < -0.3 is 4.90 Å². The SMILES string of the molecule is CCCCCCCN(CCc1cscn1)c1ncc(C#N)cc1Cl. The van der Waals surface area contributed by atoms with Gasteiger partial charge in [0.25, 0.3) is 0 Å². The molecule has 24 heavy (non-hydrogen) atoms. The molecule has 6 heteroatoms. The van der Waals surface area contributed by atoms with E-state index in [2.05, 4.69) is 33.2 Å². The highest BCUT2D eigenvalue weighted by Gasteiger charge is 2.13. The van der Waals surface area contributed by atoms with Gasteiger partial charge in [-0.05, 0) is 12.5 Å². The van der Waals surface area contributed by atoms with Crippen molar-refractivity contribution in [3.63, 3.8) is 0 Å². The fourth-order valence-electron chi connectivity index (χ4n) is 2.56. The topological polar surface area (TPSA) is 52.8 Å². The van der Waals surface area contributed by atoms with Gasteiger partial charge in [0.2, 0.25) is 0 Å². The third-order valence-corrected chi connectivity index (χ3v) is 4.82. The standard InChI is InChI=1S/C18H23ClN4S/c1-2-3-4-5-6-8-23(9-7-16-13-24-14-22-16)18-17(19)10-15(11-20)12-21-18/h10,12-14H,2-9H2,1H3. The smallest absolute Gasteiger partial charge is 0.147 e. The molecule has 128 valence electrons. The molecule has 0 aliphatic heterocycles. The van der Waals surface area contributed by atoms with Crippen LogP contribution in [-0.2, 0) is 6.42 Å². The zero-order chi connectivity index (χ0) is 17.2. The van der Waals surface area contributed by atoms with Crippen molar-refractivity contribution in [1.29, 1.82) is 5.26 Å². The molecule has 2 aromatic rings. The number of anilines is 1. The Hall–Kier alpha value is -1.64. The Kier molecular flexibility index (Phi) is 8.00. The van der Waals surface area contributed by atoms with E-state index in [9.17, 15) is 0 Å². The summed E-state index contributed by atoms with van der Waals surface area (Å²) in [7, 11) is 0. The fourth-order valence-corrected chi connectivity index (χ4v) is 3.44. The summed E-state index contributed by atoms with van der Waals surface area (Å²) in [4.78, 5) is 11.0. The highest BCUT2D eigenvalue weighted by Crippen LogP contribution is 2.25. The van der Waals surface area contributed by atoms with Crippen molar-refractivity contribution in [2.75, 3.05) is 18.0 Å². The molecular weight excluding hydrogens is 340 g/mol. The molecule has 0 N–H and O–H groups in total. The fraction of sp³-hybridized carbons (Fsp3) is 0.500. The lowest BCUT2D eigenvalue weighted by atomic mass is 10.1. The first kappa shape index (κ1) is 18.7. The van der Waals surface area contributed by atoms with Gasteiger partial charge in [-0.15, -0.1) is 11.3 Å². The van der Waals surface area contributed by atoms with Gasteiger partial charge in [0, 0.05) is 31.1 Å². The van der Waals surface area contributed by atoms with Crippen molar-refractivity contribution >= 4 is 28.8 Å². The van der Waals surface area contributed by atoms with E-state index in [4.69, 9.17) is 16.9 Å². The number of halogens is 1. The molecule has 0 bridgehead atoms. The average Bonchev–Trinajstić information content (AvgIpc) is 3.11. The van der Waals surface area contributed by atoms with Crippen molar-refractivity contribution in [1.82, 2.24) is 9.97 Å². The number of hydrogen-bond donors (Lipinski definition) is 0. The molecule has 0 fully saturated rings. The second-order valence-corrected chi connectivity index (χ2v) is 6.90. The number of nitriles is 1. The number of thiazole rings is 1. The zero-order valence-corrected chi connectivity index (χ0v) is 15.6. The summed E-state index contributed by atoms with van der Waals surface area (Å²) in [6, 6.07) is 3.77. The van der Waals surface area contributed by atoms with Crippen LogP contribution >= 0.6 is 22.9 Å². The Bertz CT molecular complexity index is 652. The van der Waals surface area contributed by atoms with Crippen LogP contribution < -0.4 is 4.90 Å². The quantitative estimate of drug-likeness (QED) is 0.553. The maximum absolute atomic E-state index is 8.97. The number of pyridine rings is 1. The lowest BCUT2D eigenvalue weighted by molar-refractivity contribution is 0.614. The first-order chi connectivity index (χ1) is 11.7. The highest BCUT2D eigenvalue weighted by atomic mass is 35.5. The van der Waals surface area contributed by atoms with E-state index in [0.717, 1.165) is 37.4 Å². The predicted octanol–water partition coefficient (Wildman–Crippen LogP) is 5.08. The molecule has 4 nitrogen and oxygen atoms in total. The largest absolute Gasteiger partial charge is 0.355 e. The van der Waals surface area contributed by atoms with E-state index in [-0.39, 0.29) is 0 Å². The third-order valence-electron chi connectivity index (χ3n) is 3.90. The van der Waals surface area contributed by atoms with Gasteiger partial charge in [-0.3, -0.25) is 0 Å². The van der Waals surface area contributed by atoms with Crippen LogP contribution in [0.5, 0.6) is 0 Å². The number of unbranched alkanes of at least 4 members (excludes halogenated alkanes) is 4. The minimum Gasteiger partial charge on any atom is -0.355 e. The summed E-state index contributed by atoms with van der Waals surface area (Å²) >= 11 is 7.97. The van der Waals surface area contributed by atoms with Crippen LogP contribution in [0.1, 0.15) is 50.3 Å². The predicted molar refractivity (Wildman–Crippen MR) is 101 cm³/mol. The number of rotatable bonds is 10. The molecule has 0 saturated carbocycles. The minimum absolute atomic E-state index is 0.492. The van der Waals surface area contributed by atoms with Crippen LogP contribution in [0.4, 0.5) is 5.82 Å². The van der Waals surface area contributed by atoms with E-state index in [1.807, 2.05) is 5.51 Å². The number of aromatic nitrogens is 2. The van der Waals surface area contributed by atoms with Crippen LogP contribution in [0.25, 0.3) is 0 Å². The van der Waals surface area contributed by atoms with Gasteiger partial charge in [0.15, 0.2) is 0 Å². The molecular formula is C18H23ClN4S. The van der Waals surface area contributed by atoms with Crippen LogP contribution in [0.2, 0.25) is 5.02 Å². The third kappa shape index (κ3) is 5.77. The van der Waals surface area contributed by atoms with Crippen LogP contribution in [-0.4, -0.2) is 23.1 Å². The summed E-state index contributed by atoms with van der Waals surface area (Å²) < 4.78 is 0. The molecule has 0 aliphatic carbocycles. The Morgan fingerprint density at radius 3 is 2.71 bits per heavy atom. The van der Waals surface area contributed by atoms with Crippen molar-refractivity contribution in [3.05, 3.63) is 39.4 Å². The maximum atomic E-state index is 8.97. The molecule has 0 aromatic carbocycles. The molecule has 0 aliphatic rings. The zero-order valence-electron chi connectivity index (χ0n) is 14.0. The van der Waals surface area contributed by atoms with Gasteiger partial charge in [-0.25, -0.2) is 9.97 Å². The second-order valence-electron chi connectivity index (χ2n) is 5.77. The van der Waals surface area contributed by atoms with E-state index < -0.39 is 0 Å². The molecule has 2 heterocycles. The molecule has 0 unspecified atom stereocenters. The molecule has 0 spiro atoms. The first-order valence-electron chi connectivity index (χ1n) is 8.42. The van der Waals surface area contributed by atoms with Gasteiger partial charge in [-0.2, -0.15) is 5.26 Å². The Morgan fingerprint density at radius 1 is 1.21 bits per heavy atom. The molecule has 0 amide bonds. The van der Waals surface area contributed by atoms with Gasteiger partial charge in [0.1, 0.15) is 11.9 Å². The summed E-state index contributed by atoms with van der Waals surface area (Å²) in [5, 5.41) is 11.6. The first-order valence-corrected chi connectivity index (χ1v) is 9.74. The van der Waals surface area contributed by atoms with E-state index >= 15 is 0 Å². The second kappa shape index (κ2) is 10.3. The Morgan fingerprint density at radius 2 is 2.04 bits per heavy atom. The van der Waals surface area contributed by atoms with E-state index in [1.54, 1.807) is 23.6 Å². The summed E-state index contributed by atoms with van der Waals surface area (Å²) in [5.74, 6) is 0.765. The summed E-state index contributed by atoms with van der Waals surface area (Å²) in [5.41, 5.74) is 3.45. The number of hydrogen-bond acceptors (Lipinski definition) is 5. The lowest BCUT2D eigenvalue weighted by Gasteiger charge is -2.24. The normalized spacial score (nSPS) is 10.5. The number of nitrogens with zero attached hydrogens (tertiary/aromatic N) is 4. The minimum atomic E-state index is 0.492. The molecule has 0 saturated heterocycles. The van der Waals surface area contributed by atoms with Crippen LogP contribution in [0.15, 0.2) is 23.2 Å². The summed E-state index contributed by atoms with van der Waals surface area (Å²) in [6.07, 6.45) is 8.60. The molecule has 0 radical (unpaired) electrons. The van der Waals surface area contributed by atoms with Crippen molar-refractivity contribution in [2.24, 2.45) is 0 Å². The maximum Gasteiger partial charge on any atom is 0.147 e. The van der Waals surface area contributed by atoms with Gasteiger partial charge in [0.05, 0.1) is 21.8 Å². The summed E-state index contributed by atoms with van der Waals surface area (Å²) in [6.45, 7) is 3.98. The van der Waals surface area contributed by atoms with Gasteiger partial charge in [-0.1, -0.05) is 44.2 Å². The average molecular weight is 363 g/mol. The highest BCUT2D eigenvalue weighted by molar-refractivity contribution is 7.07. The Labute approximate surface area is 153 Å². The van der Waals surface area contributed by atoms with Crippen molar-refractivity contribution in [2.45, 2.75) is 45.4 Å². The van der Waals surface area contributed by atoms with Gasteiger partial charge >= 0.3 is 0 Å². The van der Waals surface area contributed by atoms with E-state index in [0.29, 0.717) is 10.6 Å². The van der Waals surface area contributed by atoms with Crippen LogP contribution in [0.3, 0.4) is 0 Å².